The maximum Gasteiger partial charge on any atom is 0.296 e. The Morgan fingerprint density at radius 2 is 1.92 bits per heavy atom. The summed E-state index contributed by atoms with van der Waals surface area (Å²) in [6, 6.07) is 14.8. The van der Waals surface area contributed by atoms with Crippen LogP contribution in [0.1, 0.15) is 17.0 Å². The predicted molar refractivity (Wildman–Crippen MR) is 94.3 cm³/mol. The van der Waals surface area contributed by atoms with Gasteiger partial charge in [0.05, 0.1) is 24.1 Å². The van der Waals surface area contributed by atoms with E-state index < -0.39 is 10.1 Å². The molecule has 1 aromatic heterocycles. The number of hydrogen-bond acceptors (Lipinski definition) is 5. The minimum atomic E-state index is -3.66. The van der Waals surface area contributed by atoms with Crippen molar-refractivity contribution >= 4 is 21.0 Å². The molecule has 3 aromatic rings. The number of hydrogen-bond donors (Lipinski definition) is 0. The lowest BCUT2D eigenvalue weighted by Crippen LogP contribution is -2.19. The van der Waals surface area contributed by atoms with Gasteiger partial charge in [0.2, 0.25) is 0 Å². The monoisotopic (exact) mass is 355 g/mol. The molecule has 128 valence electrons. The van der Waals surface area contributed by atoms with Crippen LogP contribution in [0.25, 0.3) is 10.9 Å². The van der Waals surface area contributed by atoms with Gasteiger partial charge in [-0.1, -0.05) is 18.2 Å². The van der Waals surface area contributed by atoms with Gasteiger partial charge in [-0.3, -0.25) is 9.17 Å². The first kappa shape index (κ1) is 16.1. The molecule has 0 spiro atoms. The molecule has 0 amide bonds. The Hall–Kier alpha value is -2.44. The van der Waals surface area contributed by atoms with E-state index in [0.29, 0.717) is 6.61 Å². The number of nitrogens with zero attached hydrogens (tertiary/aromatic N) is 1. The van der Waals surface area contributed by atoms with E-state index in [4.69, 9.17) is 4.74 Å². The lowest BCUT2D eigenvalue weighted by Gasteiger charge is -2.26. The van der Waals surface area contributed by atoms with Crippen molar-refractivity contribution < 1.29 is 17.3 Å². The summed E-state index contributed by atoms with van der Waals surface area (Å²) in [6.45, 7) is 0.553. The van der Waals surface area contributed by atoms with Crippen LogP contribution in [-0.4, -0.2) is 27.1 Å². The summed E-state index contributed by atoms with van der Waals surface area (Å²) in [5, 5.41) is 1.03. The first-order valence-electron chi connectivity index (χ1n) is 7.98. The minimum absolute atomic E-state index is 0.160. The number of aromatic nitrogens is 1. The van der Waals surface area contributed by atoms with E-state index in [1.54, 1.807) is 18.3 Å². The SMILES string of the molecule is COS(=O)(=O)c1ccc(C2COc3c(ccc4ncccc34)C2)cc1. The molecule has 0 aliphatic carbocycles. The van der Waals surface area contributed by atoms with Crippen LogP contribution < -0.4 is 4.74 Å². The molecule has 0 saturated carbocycles. The Kier molecular flexibility index (Phi) is 3.94. The number of rotatable bonds is 3. The summed E-state index contributed by atoms with van der Waals surface area (Å²) in [5.41, 5.74) is 3.12. The van der Waals surface area contributed by atoms with E-state index in [9.17, 15) is 8.42 Å². The quantitative estimate of drug-likeness (QED) is 0.675. The summed E-state index contributed by atoms with van der Waals surface area (Å²) < 4.78 is 34.0. The Bertz CT molecular complexity index is 1030. The Morgan fingerprint density at radius 3 is 2.68 bits per heavy atom. The fourth-order valence-electron chi connectivity index (χ4n) is 3.23. The largest absolute Gasteiger partial charge is 0.492 e. The van der Waals surface area contributed by atoms with Crippen molar-refractivity contribution in [3.05, 3.63) is 65.9 Å². The average Bonchev–Trinajstić information content (AvgIpc) is 2.67. The van der Waals surface area contributed by atoms with Crippen LogP contribution in [0.3, 0.4) is 0 Å². The van der Waals surface area contributed by atoms with Gasteiger partial charge in [0.25, 0.3) is 10.1 Å². The van der Waals surface area contributed by atoms with Gasteiger partial charge in [0.15, 0.2) is 0 Å². The topological polar surface area (TPSA) is 65.5 Å². The zero-order valence-electron chi connectivity index (χ0n) is 13.7. The zero-order valence-corrected chi connectivity index (χ0v) is 14.5. The van der Waals surface area contributed by atoms with E-state index in [0.717, 1.165) is 41.3 Å². The lowest BCUT2D eigenvalue weighted by molar-refractivity contribution is 0.266. The Labute approximate surface area is 146 Å². The van der Waals surface area contributed by atoms with Crippen LogP contribution in [0, 0.1) is 0 Å². The normalized spacial score (nSPS) is 17.1. The molecule has 2 heterocycles. The van der Waals surface area contributed by atoms with Gasteiger partial charge in [-0.15, -0.1) is 0 Å². The molecule has 0 radical (unpaired) electrons. The van der Waals surface area contributed by atoms with Crippen molar-refractivity contribution in [1.29, 1.82) is 0 Å². The number of benzene rings is 2. The van der Waals surface area contributed by atoms with Crippen molar-refractivity contribution in [2.75, 3.05) is 13.7 Å². The van der Waals surface area contributed by atoms with Crippen LogP contribution in [0.4, 0.5) is 0 Å². The molecule has 6 heteroatoms. The van der Waals surface area contributed by atoms with Gasteiger partial charge in [-0.25, -0.2) is 0 Å². The zero-order chi connectivity index (χ0) is 17.4. The van der Waals surface area contributed by atoms with Crippen molar-refractivity contribution in [2.24, 2.45) is 0 Å². The average molecular weight is 355 g/mol. The van der Waals surface area contributed by atoms with Gasteiger partial charge < -0.3 is 4.74 Å². The Balaban J connectivity index is 1.63. The van der Waals surface area contributed by atoms with Crippen LogP contribution in [0.5, 0.6) is 5.75 Å². The van der Waals surface area contributed by atoms with E-state index in [-0.39, 0.29) is 10.8 Å². The second-order valence-electron chi connectivity index (χ2n) is 6.03. The van der Waals surface area contributed by atoms with Crippen molar-refractivity contribution in [3.8, 4) is 5.75 Å². The standard InChI is InChI=1S/C19H17NO4S/c1-23-25(21,22)16-7-4-13(5-8-16)15-11-14-6-9-18-17(3-2-10-20-18)19(14)24-12-15/h2-10,15H,11-12H2,1H3. The lowest BCUT2D eigenvalue weighted by atomic mass is 9.89. The molecule has 2 aromatic carbocycles. The highest BCUT2D eigenvalue weighted by molar-refractivity contribution is 7.86. The number of ether oxygens (including phenoxy) is 1. The predicted octanol–water partition coefficient (Wildman–Crippen LogP) is 3.29. The maximum atomic E-state index is 11.7. The molecule has 0 fully saturated rings. The molecular formula is C19H17NO4S. The van der Waals surface area contributed by atoms with Crippen LogP contribution in [0.15, 0.2) is 59.6 Å². The summed E-state index contributed by atoms with van der Waals surface area (Å²) in [6.07, 6.45) is 2.62. The highest BCUT2D eigenvalue weighted by Crippen LogP contribution is 2.37. The van der Waals surface area contributed by atoms with E-state index >= 15 is 0 Å². The van der Waals surface area contributed by atoms with E-state index in [2.05, 4.69) is 15.2 Å². The molecule has 1 atom stereocenters. The van der Waals surface area contributed by atoms with Crippen LogP contribution in [-0.2, 0) is 20.7 Å². The minimum Gasteiger partial charge on any atom is -0.492 e. The summed E-state index contributed by atoms with van der Waals surface area (Å²) >= 11 is 0. The van der Waals surface area contributed by atoms with Gasteiger partial charge in [-0.2, -0.15) is 8.42 Å². The number of fused-ring (bicyclic) bond motifs is 3. The van der Waals surface area contributed by atoms with E-state index in [1.807, 2.05) is 30.3 Å². The van der Waals surface area contributed by atoms with E-state index in [1.165, 1.54) is 0 Å². The molecule has 0 bridgehead atoms. The molecule has 4 rings (SSSR count). The summed E-state index contributed by atoms with van der Waals surface area (Å²) in [7, 11) is -2.50. The van der Waals surface area contributed by atoms with Gasteiger partial charge in [0.1, 0.15) is 5.75 Å². The molecule has 1 aliphatic heterocycles. The van der Waals surface area contributed by atoms with Crippen LogP contribution >= 0.6 is 0 Å². The highest BCUT2D eigenvalue weighted by Gasteiger charge is 2.24. The number of pyridine rings is 1. The second-order valence-corrected chi connectivity index (χ2v) is 7.74. The maximum absolute atomic E-state index is 11.7. The van der Waals surface area contributed by atoms with Crippen molar-refractivity contribution in [2.45, 2.75) is 17.2 Å². The van der Waals surface area contributed by atoms with Crippen molar-refractivity contribution in [1.82, 2.24) is 4.98 Å². The molecule has 1 aliphatic rings. The first-order valence-corrected chi connectivity index (χ1v) is 9.39. The Morgan fingerprint density at radius 1 is 1.12 bits per heavy atom. The van der Waals surface area contributed by atoms with Gasteiger partial charge >= 0.3 is 0 Å². The second kappa shape index (κ2) is 6.13. The third-order valence-corrected chi connectivity index (χ3v) is 5.86. The molecular weight excluding hydrogens is 338 g/mol. The molecule has 25 heavy (non-hydrogen) atoms. The summed E-state index contributed by atoms with van der Waals surface area (Å²) in [4.78, 5) is 4.52. The third kappa shape index (κ3) is 2.88. The van der Waals surface area contributed by atoms with Gasteiger partial charge in [-0.05, 0) is 47.9 Å². The molecule has 1 unspecified atom stereocenters. The molecule has 0 N–H and O–H groups in total. The van der Waals surface area contributed by atoms with Gasteiger partial charge in [0, 0.05) is 17.5 Å². The third-order valence-electron chi connectivity index (χ3n) is 4.57. The summed E-state index contributed by atoms with van der Waals surface area (Å²) in [5.74, 6) is 1.08. The fraction of sp³-hybridized carbons (Fsp3) is 0.211. The van der Waals surface area contributed by atoms with Crippen molar-refractivity contribution in [3.63, 3.8) is 0 Å². The van der Waals surface area contributed by atoms with Crippen LogP contribution in [0.2, 0.25) is 0 Å². The fourth-order valence-corrected chi connectivity index (χ4v) is 3.89. The molecule has 5 nitrogen and oxygen atoms in total. The smallest absolute Gasteiger partial charge is 0.296 e. The molecule has 0 saturated heterocycles. The highest BCUT2D eigenvalue weighted by atomic mass is 32.2. The first-order chi connectivity index (χ1) is 12.1.